The Bertz CT molecular complexity index is 643. The normalized spacial score (nSPS) is 12.0. The Morgan fingerprint density at radius 1 is 1.21 bits per heavy atom. The lowest BCUT2D eigenvalue weighted by molar-refractivity contribution is 0.0999. The van der Waals surface area contributed by atoms with E-state index in [1.54, 1.807) is 36.4 Å². The monoisotopic (exact) mass is 275 g/mol. The van der Waals surface area contributed by atoms with E-state index in [-0.39, 0.29) is 5.75 Å². The Kier molecular flexibility index (Phi) is 3.91. The van der Waals surface area contributed by atoms with Crippen LogP contribution in [-0.4, -0.2) is 15.1 Å². The van der Waals surface area contributed by atoms with Crippen LogP contribution < -0.4 is 11.5 Å². The van der Waals surface area contributed by atoms with Gasteiger partial charge in [-0.25, -0.2) is 4.98 Å². The van der Waals surface area contributed by atoms with Gasteiger partial charge in [0.25, 0.3) is 0 Å². The molecule has 5 nitrogen and oxygen atoms in total. The predicted molar refractivity (Wildman–Crippen MR) is 73.7 cm³/mol. The third-order valence-electron chi connectivity index (χ3n) is 2.59. The van der Waals surface area contributed by atoms with Crippen molar-refractivity contribution in [3.05, 3.63) is 53.7 Å². The fourth-order valence-corrected chi connectivity index (χ4v) is 2.87. The molecular formula is C13H13N3O2S. The van der Waals surface area contributed by atoms with E-state index in [4.69, 9.17) is 11.5 Å². The second-order valence-corrected chi connectivity index (χ2v) is 5.28. The van der Waals surface area contributed by atoms with Crippen molar-refractivity contribution in [2.24, 2.45) is 5.73 Å². The van der Waals surface area contributed by atoms with Crippen LogP contribution in [0.15, 0.2) is 47.6 Å². The first-order chi connectivity index (χ1) is 9.09. The Labute approximate surface area is 113 Å². The first kappa shape index (κ1) is 13.2. The Balaban J connectivity index is 2.30. The first-order valence-electron chi connectivity index (χ1n) is 5.56. The number of pyridine rings is 1. The molecule has 1 unspecified atom stereocenters. The molecule has 6 heteroatoms. The zero-order chi connectivity index (χ0) is 13.8. The van der Waals surface area contributed by atoms with Crippen LogP contribution in [0.3, 0.4) is 0 Å². The Hall–Kier alpha value is -2.21. The number of benzene rings is 1. The van der Waals surface area contributed by atoms with Crippen LogP contribution >= 0.6 is 0 Å². The number of aromatic nitrogens is 1. The number of anilines is 1. The SMILES string of the molecule is NC(=O)c1ccccc1CS(=O)c1ncccc1N. The summed E-state index contributed by atoms with van der Waals surface area (Å²) in [6.45, 7) is 0. The number of carbonyl (C=O) groups excluding carboxylic acids is 1. The lowest BCUT2D eigenvalue weighted by Crippen LogP contribution is -2.14. The van der Waals surface area contributed by atoms with Crippen LogP contribution in [0.5, 0.6) is 0 Å². The van der Waals surface area contributed by atoms with Crippen molar-refractivity contribution in [1.82, 2.24) is 4.98 Å². The fraction of sp³-hybridized carbons (Fsp3) is 0.0769. The standard InChI is InChI=1S/C13H13N3O2S/c14-11-6-3-7-16-13(11)19(18)8-9-4-1-2-5-10(9)12(15)17/h1-7H,8,14H2,(H2,15,17). The molecule has 1 aromatic carbocycles. The van der Waals surface area contributed by atoms with Gasteiger partial charge in [-0.3, -0.25) is 9.00 Å². The van der Waals surface area contributed by atoms with Crippen molar-refractivity contribution in [3.63, 3.8) is 0 Å². The number of nitrogens with two attached hydrogens (primary N) is 2. The highest BCUT2D eigenvalue weighted by atomic mass is 32.2. The first-order valence-corrected chi connectivity index (χ1v) is 6.88. The zero-order valence-corrected chi connectivity index (χ0v) is 10.9. The maximum Gasteiger partial charge on any atom is 0.249 e. The van der Waals surface area contributed by atoms with Crippen molar-refractivity contribution < 1.29 is 9.00 Å². The average Bonchev–Trinajstić information content (AvgIpc) is 2.39. The molecule has 4 N–H and O–H groups in total. The lowest BCUT2D eigenvalue weighted by Gasteiger charge is -2.07. The lowest BCUT2D eigenvalue weighted by atomic mass is 10.1. The largest absolute Gasteiger partial charge is 0.396 e. The highest BCUT2D eigenvalue weighted by Gasteiger charge is 2.14. The predicted octanol–water partition coefficient (Wildman–Crippen LogP) is 1.07. The molecule has 1 amide bonds. The highest BCUT2D eigenvalue weighted by Crippen LogP contribution is 2.18. The van der Waals surface area contributed by atoms with Crippen LogP contribution in [0.4, 0.5) is 5.69 Å². The average molecular weight is 275 g/mol. The van der Waals surface area contributed by atoms with Gasteiger partial charge in [0, 0.05) is 11.8 Å². The van der Waals surface area contributed by atoms with Gasteiger partial charge < -0.3 is 11.5 Å². The minimum atomic E-state index is -1.42. The molecule has 2 rings (SSSR count). The molecule has 0 aliphatic heterocycles. The van der Waals surface area contributed by atoms with Gasteiger partial charge in [-0.15, -0.1) is 0 Å². The van der Waals surface area contributed by atoms with Crippen LogP contribution in [0, 0.1) is 0 Å². The molecule has 1 heterocycles. The van der Waals surface area contributed by atoms with Crippen molar-refractivity contribution in [2.75, 3.05) is 5.73 Å². The third kappa shape index (κ3) is 2.97. The van der Waals surface area contributed by atoms with Gasteiger partial charge in [-0.2, -0.15) is 0 Å². The fourth-order valence-electron chi connectivity index (χ4n) is 1.69. The summed E-state index contributed by atoms with van der Waals surface area (Å²) in [6, 6.07) is 10.1. The summed E-state index contributed by atoms with van der Waals surface area (Å²) in [5.74, 6) is -0.387. The minimum absolute atomic E-state index is 0.153. The molecule has 1 aromatic heterocycles. The quantitative estimate of drug-likeness (QED) is 0.871. The van der Waals surface area contributed by atoms with Gasteiger partial charge in [-0.05, 0) is 23.8 Å². The van der Waals surface area contributed by atoms with Crippen molar-refractivity contribution in [3.8, 4) is 0 Å². The van der Waals surface area contributed by atoms with E-state index in [0.717, 1.165) is 0 Å². The second kappa shape index (κ2) is 5.62. The molecule has 0 radical (unpaired) electrons. The van der Waals surface area contributed by atoms with Crippen molar-refractivity contribution in [2.45, 2.75) is 10.8 Å². The number of carbonyl (C=O) groups is 1. The Morgan fingerprint density at radius 2 is 1.95 bits per heavy atom. The third-order valence-corrected chi connectivity index (χ3v) is 3.93. The van der Waals surface area contributed by atoms with E-state index in [0.29, 0.717) is 21.8 Å². The van der Waals surface area contributed by atoms with Gasteiger partial charge >= 0.3 is 0 Å². The van der Waals surface area contributed by atoms with Crippen molar-refractivity contribution >= 4 is 22.4 Å². The van der Waals surface area contributed by atoms with E-state index in [1.165, 1.54) is 6.20 Å². The van der Waals surface area contributed by atoms with Gasteiger partial charge in [-0.1, -0.05) is 18.2 Å². The van der Waals surface area contributed by atoms with E-state index in [9.17, 15) is 9.00 Å². The Morgan fingerprint density at radius 3 is 2.63 bits per heavy atom. The van der Waals surface area contributed by atoms with E-state index >= 15 is 0 Å². The number of primary amides is 1. The topological polar surface area (TPSA) is 99.1 Å². The van der Waals surface area contributed by atoms with Gasteiger partial charge in [0.2, 0.25) is 5.91 Å². The molecule has 0 saturated heterocycles. The highest BCUT2D eigenvalue weighted by molar-refractivity contribution is 7.84. The molecule has 0 aliphatic carbocycles. The summed E-state index contributed by atoms with van der Waals surface area (Å²) in [5, 5.41) is 0.321. The van der Waals surface area contributed by atoms with Crippen LogP contribution in [0.1, 0.15) is 15.9 Å². The van der Waals surface area contributed by atoms with Crippen LogP contribution in [0.25, 0.3) is 0 Å². The zero-order valence-electron chi connectivity index (χ0n) is 10.1. The van der Waals surface area contributed by atoms with Gasteiger partial charge in [0.15, 0.2) is 0 Å². The molecular weight excluding hydrogens is 262 g/mol. The molecule has 2 aromatic rings. The molecule has 98 valence electrons. The van der Waals surface area contributed by atoms with Gasteiger partial charge in [0.05, 0.1) is 22.2 Å². The maximum atomic E-state index is 12.2. The molecule has 0 saturated carbocycles. The molecule has 0 spiro atoms. The van der Waals surface area contributed by atoms with E-state index in [2.05, 4.69) is 4.98 Å². The molecule has 1 atom stereocenters. The summed E-state index contributed by atoms with van der Waals surface area (Å²) in [7, 11) is -1.42. The number of hydrogen-bond donors (Lipinski definition) is 2. The molecule has 0 aliphatic rings. The number of hydrogen-bond acceptors (Lipinski definition) is 4. The molecule has 0 bridgehead atoms. The van der Waals surface area contributed by atoms with Gasteiger partial charge in [0.1, 0.15) is 5.03 Å². The molecule has 0 fully saturated rings. The maximum absolute atomic E-state index is 12.2. The van der Waals surface area contributed by atoms with E-state index in [1.807, 2.05) is 0 Å². The summed E-state index contributed by atoms with van der Waals surface area (Å²) >= 11 is 0. The number of nitrogens with zero attached hydrogens (tertiary/aromatic N) is 1. The van der Waals surface area contributed by atoms with Crippen molar-refractivity contribution in [1.29, 1.82) is 0 Å². The number of rotatable bonds is 4. The summed E-state index contributed by atoms with van der Waals surface area (Å²) in [6.07, 6.45) is 1.53. The summed E-state index contributed by atoms with van der Waals surface area (Å²) in [5.41, 5.74) is 12.4. The number of amides is 1. The minimum Gasteiger partial charge on any atom is -0.396 e. The molecule has 19 heavy (non-hydrogen) atoms. The van der Waals surface area contributed by atoms with Crippen LogP contribution in [0.2, 0.25) is 0 Å². The summed E-state index contributed by atoms with van der Waals surface area (Å²) in [4.78, 5) is 15.3. The smallest absolute Gasteiger partial charge is 0.249 e. The summed E-state index contributed by atoms with van der Waals surface area (Å²) < 4.78 is 12.2. The second-order valence-electron chi connectivity index (χ2n) is 3.91. The van der Waals surface area contributed by atoms with E-state index < -0.39 is 16.7 Å². The van der Waals surface area contributed by atoms with Crippen LogP contribution in [-0.2, 0) is 16.6 Å². The number of nitrogen functional groups attached to an aromatic ring is 1.